The first kappa shape index (κ1) is 13.4. The van der Waals surface area contributed by atoms with E-state index in [1.165, 1.54) is 0 Å². The number of esters is 1. The highest BCUT2D eigenvalue weighted by molar-refractivity contribution is 5.72. The Balaban J connectivity index is 3.74. The van der Waals surface area contributed by atoms with Gasteiger partial charge in [0.15, 0.2) is 0 Å². The van der Waals surface area contributed by atoms with Crippen LogP contribution in [0.1, 0.15) is 34.6 Å². The van der Waals surface area contributed by atoms with Crippen LogP contribution in [0.2, 0.25) is 0 Å². The van der Waals surface area contributed by atoms with Crippen LogP contribution in [0.25, 0.3) is 0 Å². The number of carbonyl (C=O) groups excluding carboxylic acids is 1. The lowest BCUT2D eigenvalue weighted by atomic mass is 9.82. The molecule has 0 fully saturated rings. The van der Waals surface area contributed by atoms with Gasteiger partial charge in [-0.2, -0.15) is 0 Å². The quantitative estimate of drug-likeness (QED) is 0.506. The van der Waals surface area contributed by atoms with E-state index in [0.29, 0.717) is 19.8 Å². The molecule has 0 aliphatic rings. The summed E-state index contributed by atoms with van der Waals surface area (Å²) in [6.45, 7) is 11.4. The lowest BCUT2D eigenvalue weighted by Gasteiger charge is -2.25. The first-order chi connectivity index (χ1) is 6.39. The monoisotopic (exact) mass is 202 g/mol. The number of carbonyl (C=O) groups is 1. The molecular formula is C11H22O3. The molecule has 0 N–H and O–H groups in total. The minimum Gasteiger partial charge on any atom is -0.463 e. The minimum atomic E-state index is -0.141. The van der Waals surface area contributed by atoms with Crippen LogP contribution < -0.4 is 0 Å². The van der Waals surface area contributed by atoms with Crippen molar-refractivity contribution in [2.24, 2.45) is 11.3 Å². The molecule has 0 radical (unpaired) electrons. The first-order valence-corrected chi connectivity index (χ1v) is 5.14. The fourth-order valence-electron chi connectivity index (χ4n) is 0.824. The van der Waals surface area contributed by atoms with Crippen molar-refractivity contribution in [2.75, 3.05) is 19.8 Å². The van der Waals surface area contributed by atoms with E-state index in [4.69, 9.17) is 9.47 Å². The van der Waals surface area contributed by atoms with Crippen LogP contribution in [0.5, 0.6) is 0 Å². The third-order valence-electron chi connectivity index (χ3n) is 2.33. The van der Waals surface area contributed by atoms with Gasteiger partial charge in [-0.05, 0) is 12.3 Å². The minimum absolute atomic E-state index is 0.0390. The van der Waals surface area contributed by atoms with Crippen molar-refractivity contribution in [3.63, 3.8) is 0 Å². The van der Waals surface area contributed by atoms with Crippen LogP contribution in [-0.4, -0.2) is 25.8 Å². The summed E-state index contributed by atoms with van der Waals surface area (Å²) in [6.07, 6.45) is 0. The predicted molar refractivity (Wildman–Crippen MR) is 56.1 cm³/mol. The molecule has 0 aliphatic heterocycles. The third kappa shape index (κ3) is 5.22. The van der Waals surface area contributed by atoms with Crippen LogP contribution in [0.4, 0.5) is 0 Å². The summed E-state index contributed by atoms with van der Waals surface area (Å²) in [5.41, 5.74) is -0.0390. The normalized spacial score (nSPS) is 13.8. The smallest absolute Gasteiger partial charge is 0.309 e. The molecule has 0 heterocycles. The maximum atomic E-state index is 11.5. The molecule has 0 saturated heterocycles. The van der Waals surface area contributed by atoms with Crippen molar-refractivity contribution in [3.05, 3.63) is 0 Å². The molecule has 1 unspecified atom stereocenters. The topological polar surface area (TPSA) is 35.5 Å². The average molecular weight is 202 g/mol. The summed E-state index contributed by atoms with van der Waals surface area (Å²) in [4.78, 5) is 11.5. The fraction of sp³-hybridized carbons (Fsp3) is 0.909. The number of ether oxygens (including phenoxy) is 2. The van der Waals surface area contributed by atoms with Crippen LogP contribution in [0, 0.1) is 11.3 Å². The van der Waals surface area contributed by atoms with Gasteiger partial charge in [0.25, 0.3) is 0 Å². The zero-order valence-corrected chi connectivity index (χ0v) is 9.92. The van der Waals surface area contributed by atoms with Crippen LogP contribution in [0.3, 0.4) is 0 Å². The van der Waals surface area contributed by atoms with E-state index < -0.39 is 0 Å². The number of hydrogen-bond acceptors (Lipinski definition) is 3. The van der Waals surface area contributed by atoms with E-state index in [1.54, 1.807) is 0 Å². The second-order valence-corrected chi connectivity index (χ2v) is 4.45. The van der Waals surface area contributed by atoms with E-state index in [9.17, 15) is 4.79 Å². The average Bonchev–Trinajstić information content (AvgIpc) is 2.09. The van der Waals surface area contributed by atoms with Crippen molar-refractivity contribution in [1.29, 1.82) is 0 Å². The molecule has 84 valence electrons. The lowest BCUT2D eigenvalue weighted by Crippen LogP contribution is -2.28. The van der Waals surface area contributed by atoms with Gasteiger partial charge >= 0.3 is 5.97 Å². The maximum absolute atomic E-state index is 11.5. The second-order valence-electron chi connectivity index (χ2n) is 4.45. The van der Waals surface area contributed by atoms with Crippen molar-refractivity contribution in [3.8, 4) is 0 Å². The van der Waals surface area contributed by atoms with Crippen LogP contribution in [0.15, 0.2) is 0 Å². The van der Waals surface area contributed by atoms with Gasteiger partial charge in [0.05, 0.1) is 12.5 Å². The Kier molecular flexibility index (Phi) is 5.77. The maximum Gasteiger partial charge on any atom is 0.309 e. The highest BCUT2D eigenvalue weighted by atomic mass is 16.6. The Morgan fingerprint density at radius 1 is 1.29 bits per heavy atom. The highest BCUT2D eigenvalue weighted by Gasteiger charge is 2.27. The summed E-state index contributed by atoms with van der Waals surface area (Å²) < 4.78 is 10.1. The summed E-state index contributed by atoms with van der Waals surface area (Å²) in [6, 6.07) is 0. The van der Waals surface area contributed by atoms with Gasteiger partial charge in [-0.3, -0.25) is 4.79 Å². The van der Waals surface area contributed by atoms with E-state index in [1.807, 2.05) is 34.6 Å². The molecule has 0 spiro atoms. The second kappa shape index (κ2) is 6.02. The van der Waals surface area contributed by atoms with Gasteiger partial charge in [-0.15, -0.1) is 0 Å². The Morgan fingerprint density at radius 2 is 1.86 bits per heavy atom. The molecule has 0 aliphatic carbocycles. The molecular weight excluding hydrogens is 180 g/mol. The largest absolute Gasteiger partial charge is 0.463 e. The fourth-order valence-corrected chi connectivity index (χ4v) is 0.824. The van der Waals surface area contributed by atoms with Crippen molar-refractivity contribution >= 4 is 5.97 Å². The molecule has 0 aromatic heterocycles. The van der Waals surface area contributed by atoms with Gasteiger partial charge in [0.1, 0.15) is 6.61 Å². The van der Waals surface area contributed by atoms with Gasteiger partial charge < -0.3 is 9.47 Å². The Bertz CT molecular complexity index is 170. The van der Waals surface area contributed by atoms with E-state index in [-0.39, 0.29) is 17.3 Å². The Morgan fingerprint density at radius 3 is 2.29 bits per heavy atom. The zero-order valence-electron chi connectivity index (χ0n) is 9.92. The van der Waals surface area contributed by atoms with Crippen LogP contribution >= 0.6 is 0 Å². The Hall–Kier alpha value is -0.570. The van der Waals surface area contributed by atoms with Crippen molar-refractivity contribution in [2.45, 2.75) is 34.6 Å². The highest BCUT2D eigenvalue weighted by Crippen LogP contribution is 2.26. The van der Waals surface area contributed by atoms with Crippen LogP contribution in [-0.2, 0) is 14.3 Å². The van der Waals surface area contributed by atoms with E-state index in [0.717, 1.165) is 0 Å². The molecule has 0 bridgehead atoms. The van der Waals surface area contributed by atoms with Crippen molar-refractivity contribution < 1.29 is 14.3 Å². The standard InChI is InChI=1S/C11H22O3/c1-6-13-7-8-14-10(12)9(2)11(3,4)5/h9H,6-8H2,1-5H3. The summed E-state index contributed by atoms with van der Waals surface area (Å²) in [5, 5.41) is 0. The summed E-state index contributed by atoms with van der Waals surface area (Å²) >= 11 is 0. The molecule has 3 heteroatoms. The molecule has 3 nitrogen and oxygen atoms in total. The number of hydrogen-bond donors (Lipinski definition) is 0. The number of rotatable bonds is 5. The SMILES string of the molecule is CCOCCOC(=O)C(C)C(C)(C)C. The first-order valence-electron chi connectivity index (χ1n) is 5.14. The summed E-state index contributed by atoms with van der Waals surface area (Å²) in [7, 11) is 0. The molecule has 0 aromatic carbocycles. The molecule has 0 amide bonds. The van der Waals surface area contributed by atoms with E-state index >= 15 is 0 Å². The van der Waals surface area contributed by atoms with Gasteiger partial charge in [-0.1, -0.05) is 27.7 Å². The molecule has 14 heavy (non-hydrogen) atoms. The predicted octanol–water partition coefficient (Wildman–Crippen LogP) is 2.25. The summed E-state index contributed by atoms with van der Waals surface area (Å²) in [5.74, 6) is -0.221. The van der Waals surface area contributed by atoms with Crippen molar-refractivity contribution in [1.82, 2.24) is 0 Å². The Labute approximate surface area is 86.8 Å². The van der Waals surface area contributed by atoms with Gasteiger partial charge in [0.2, 0.25) is 0 Å². The zero-order chi connectivity index (χ0) is 11.2. The third-order valence-corrected chi connectivity index (χ3v) is 2.33. The van der Waals surface area contributed by atoms with Gasteiger partial charge in [-0.25, -0.2) is 0 Å². The lowest BCUT2D eigenvalue weighted by molar-refractivity contribution is -0.153. The molecule has 0 aromatic rings. The van der Waals surface area contributed by atoms with Gasteiger partial charge in [0, 0.05) is 6.61 Å². The van der Waals surface area contributed by atoms with E-state index in [2.05, 4.69) is 0 Å². The molecule has 1 atom stereocenters. The molecule has 0 saturated carbocycles. The molecule has 0 rings (SSSR count).